The number of hydrogen-bond acceptors (Lipinski definition) is 5. The molecule has 0 radical (unpaired) electrons. The van der Waals surface area contributed by atoms with Crippen molar-refractivity contribution in [2.24, 2.45) is 0 Å². The lowest BCUT2D eigenvalue weighted by Crippen LogP contribution is -2.34. The number of carbonyl (C=O) groups is 2. The Balaban J connectivity index is 1.21. The normalized spacial score (nSPS) is 11.3. The van der Waals surface area contributed by atoms with Gasteiger partial charge in [-0.15, -0.1) is 0 Å². The third-order valence-corrected chi connectivity index (χ3v) is 9.21. The molecule has 246 valence electrons. The molecular formula is C36H51N3O5S. The zero-order valence-corrected chi connectivity index (χ0v) is 27.6. The third kappa shape index (κ3) is 14.4. The van der Waals surface area contributed by atoms with E-state index in [4.69, 9.17) is 4.74 Å². The van der Waals surface area contributed by atoms with Crippen LogP contribution in [0.1, 0.15) is 110 Å². The van der Waals surface area contributed by atoms with Crippen molar-refractivity contribution in [2.75, 3.05) is 17.2 Å². The minimum atomic E-state index is -4.06. The average Bonchev–Trinajstić information content (AvgIpc) is 3.03. The van der Waals surface area contributed by atoms with E-state index in [1.165, 1.54) is 95.6 Å². The maximum Gasteiger partial charge on any atom is 0.411 e. The van der Waals surface area contributed by atoms with Crippen LogP contribution < -0.4 is 15.4 Å². The molecule has 0 bridgehead atoms. The van der Waals surface area contributed by atoms with E-state index in [-0.39, 0.29) is 4.90 Å². The van der Waals surface area contributed by atoms with Gasteiger partial charge in [0.2, 0.25) is 0 Å². The lowest BCUT2D eigenvalue weighted by atomic mass is 10.0. The topological polar surface area (TPSA) is 114 Å². The molecule has 45 heavy (non-hydrogen) atoms. The van der Waals surface area contributed by atoms with Crippen LogP contribution >= 0.6 is 0 Å². The molecular weight excluding hydrogens is 586 g/mol. The molecule has 0 fully saturated rings. The van der Waals surface area contributed by atoms with Crippen LogP contribution in [0.2, 0.25) is 0 Å². The average molecular weight is 638 g/mol. The number of nitrogens with one attached hydrogen (secondary N) is 3. The Labute approximate surface area is 269 Å². The highest BCUT2D eigenvalue weighted by atomic mass is 32.2. The Morgan fingerprint density at radius 3 is 1.64 bits per heavy atom. The quantitative estimate of drug-likeness (QED) is 0.101. The van der Waals surface area contributed by atoms with Gasteiger partial charge in [0, 0.05) is 11.4 Å². The van der Waals surface area contributed by atoms with Gasteiger partial charge in [0.05, 0.1) is 11.5 Å². The molecule has 9 heteroatoms. The van der Waals surface area contributed by atoms with E-state index in [9.17, 15) is 18.0 Å². The fraction of sp³-hybridized carbons (Fsp3) is 0.500. The lowest BCUT2D eigenvalue weighted by molar-refractivity contribution is 0.159. The summed E-state index contributed by atoms with van der Waals surface area (Å²) in [6.45, 7) is 2.64. The zero-order chi connectivity index (χ0) is 32.2. The first kappa shape index (κ1) is 35.9. The molecule has 0 heterocycles. The Bertz CT molecular complexity index is 1410. The first-order valence-electron chi connectivity index (χ1n) is 16.7. The zero-order valence-electron chi connectivity index (χ0n) is 26.8. The summed E-state index contributed by atoms with van der Waals surface area (Å²) in [6.07, 6.45) is 20.2. The van der Waals surface area contributed by atoms with Gasteiger partial charge in [-0.2, -0.15) is 0 Å². The summed E-state index contributed by atoms with van der Waals surface area (Å²) in [5, 5.41) is 6.82. The molecule has 0 aromatic heterocycles. The van der Waals surface area contributed by atoms with E-state index in [1.807, 2.05) is 22.9 Å². The minimum absolute atomic E-state index is 0.00556. The van der Waals surface area contributed by atoms with Crippen LogP contribution in [0.4, 0.5) is 21.0 Å². The molecule has 0 saturated carbocycles. The number of rotatable bonds is 21. The molecule has 3 rings (SSSR count). The van der Waals surface area contributed by atoms with Crippen LogP contribution in [-0.4, -0.2) is 27.1 Å². The Morgan fingerprint density at radius 2 is 1.09 bits per heavy atom. The second kappa shape index (κ2) is 20.4. The number of urea groups is 1. The van der Waals surface area contributed by atoms with Crippen molar-refractivity contribution >= 4 is 44.3 Å². The van der Waals surface area contributed by atoms with Crippen LogP contribution in [0.15, 0.2) is 71.6 Å². The maximum atomic E-state index is 12.7. The van der Waals surface area contributed by atoms with Crippen molar-refractivity contribution in [3.05, 3.63) is 66.7 Å². The molecule has 3 aromatic carbocycles. The SMILES string of the molecule is CCCCCCCCCCCCCCCCCCOC(=O)Nc1ccc(NC(=O)NS(=O)(=O)c2ccc3ccccc3c2)cc1. The lowest BCUT2D eigenvalue weighted by Gasteiger charge is -2.10. The number of hydrogen-bond donors (Lipinski definition) is 3. The number of ether oxygens (including phenoxy) is 1. The fourth-order valence-electron chi connectivity index (χ4n) is 5.28. The van der Waals surface area contributed by atoms with Crippen molar-refractivity contribution in [1.82, 2.24) is 4.72 Å². The van der Waals surface area contributed by atoms with Gasteiger partial charge in [-0.05, 0) is 53.6 Å². The Hall–Kier alpha value is -3.59. The monoisotopic (exact) mass is 637 g/mol. The van der Waals surface area contributed by atoms with Gasteiger partial charge in [0.1, 0.15) is 0 Å². The van der Waals surface area contributed by atoms with Crippen LogP contribution in [0.5, 0.6) is 0 Å². The van der Waals surface area contributed by atoms with Crippen LogP contribution in [0.3, 0.4) is 0 Å². The van der Waals surface area contributed by atoms with Gasteiger partial charge in [-0.1, -0.05) is 134 Å². The van der Waals surface area contributed by atoms with Crippen molar-refractivity contribution in [2.45, 2.75) is 115 Å². The summed E-state index contributed by atoms with van der Waals surface area (Å²) in [4.78, 5) is 24.5. The molecule has 0 aliphatic carbocycles. The number of unbranched alkanes of at least 4 members (excludes halogenated alkanes) is 15. The molecule has 0 aliphatic heterocycles. The van der Waals surface area contributed by atoms with E-state index in [1.54, 1.807) is 36.4 Å². The van der Waals surface area contributed by atoms with Crippen molar-refractivity contribution in [3.63, 3.8) is 0 Å². The van der Waals surface area contributed by atoms with Gasteiger partial charge in [-0.25, -0.2) is 22.7 Å². The second-order valence-electron chi connectivity index (χ2n) is 11.7. The Kier molecular flexibility index (Phi) is 16.3. The highest BCUT2D eigenvalue weighted by molar-refractivity contribution is 7.90. The van der Waals surface area contributed by atoms with E-state index in [0.717, 1.165) is 30.0 Å². The second-order valence-corrected chi connectivity index (χ2v) is 13.4. The predicted molar refractivity (Wildman–Crippen MR) is 184 cm³/mol. The van der Waals surface area contributed by atoms with Gasteiger partial charge in [0.25, 0.3) is 10.0 Å². The fourth-order valence-corrected chi connectivity index (χ4v) is 6.22. The maximum absolute atomic E-state index is 12.7. The van der Waals surface area contributed by atoms with Crippen molar-refractivity contribution in [1.29, 1.82) is 0 Å². The molecule has 0 unspecified atom stereocenters. The molecule has 3 amide bonds. The first-order chi connectivity index (χ1) is 21.9. The number of sulfonamides is 1. The van der Waals surface area contributed by atoms with E-state index in [0.29, 0.717) is 18.0 Å². The standard InChI is InChI=1S/C36H51N3O5S/c1-2-3-4-5-6-7-8-9-10-11-12-13-14-15-16-19-28-44-36(41)38-33-25-23-32(24-26-33)37-35(40)39-45(42,43)34-27-22-30-20-17-18-21-31(30)29-34/h17-18,20-27,29H,2-16,19,28H2,1H3,(H,38,41)(H2,37,39,40). The minimum Gasteiger partial charge on any atom is -0.449 e. The van der Waals surface area contributed by atoms with Crippen LogP contribution in [-0.2, 0) is 14.8 Å². The van der Waals surface area contributed by atoms with Gasteiger partial charge >= 0.3 is 12.1 Å². The molecule has 3 aromatic rings. The summed E-state index contributed by atoms with van der Waals surface area (Å²) in [5.74, 6) is 0. The molecule has 8 nitrogen and oxygen atoms in total. The number of carbonyl (C=O) groups excluding carboxylic acids is 2. The van der Waals surface area contributed by atoms with Crippen molar-refractivity contribution < 1.29 is 22.7 Å². The van der Waals surface area contributed by atoms with Gasteiger partial charge in [-0.3, -0.25) is 5.32 Å². The van der Waals surface area contributed by atoms with Crippen molar-refractivity contribution in [3.8, 4) is 0 Å². The third-order valence-electron chi connectivity index (χ3n) is 7.88. The Morgan fingerprint density at radius 1 is 0.600 bits per heavy atom. The summed E-state index contributed by atoms with van der Waals surface area (Å²) in [7, 11) is -4.06. The van der Waals surface area contributed by atoms with E-state index in [2.05, 4.69) is 17.6 Å². The predicted octanol–water partition coefficient (Wildman–Crippen LogP) is 10.2. The van der Waals surface area contributed by atoms with Gasteiger partial charge < -0.3 is 10.1 Å². The summed E-state index contributed by atoms with van der Waals surface area (Å²) >= 11 is 0. The number of fused-ring (bicyclic) bond motifs is 1. The van der Waals surface area contributed by atoms with Crippen LogP contribution in [0, 0.1) is 0 Å². The van der Waals surface area contributed by atoms with E-state index >= 15 is 0 Å². The molecule has 0 spiro atoms. The number of amides is 3. The summed E-state index contributed by atoms with van der Waals surface area (Å²) in [5.41, 5.74) is 0.870. The van der Waals surface area contributed by atoms with E-state index < -0.39 is 22.1 Å². The van der Waals surface area contributed by atoms with Crippen LogP contribution in [0.25, 0.3) is 10.8 Å². The molecule has 0 saturated heterocycles. The van der Waals surface area contributed by atoms with Gasteiger partial charge in [0.15, 0.2) is 0 Å². The summed E-state index contributed by atoms with van der Waals surface area (Å²) in [6, 6.07) is 17.5. The highest BCUT2D eigenvalue weighted by Gasteiger charge is 2.18. The smallest absolute Gasteiger partial charge is 0.411 e. The molecule has 3 N–H and O–H groups in total. The number of benzene rings is 3. The highest BCUT2D eigenvalue weighted by Crippen LogP contribution is 2.20. The summed E-state index contributed by atoms with van der Waals surface area (Å²) < 4.78 is 32.7. The molecule has 0 atom stereocenters. The first-order valence-corrected chi connectivity index (χ1v) is 18.2. The molecule has 0 aliphatic rings. The number of anilines is 2. The largest absolute Gasteiger partial charge is 0.449 e.